The zero-order valence-electron chi connectivity index (χ0n) is 10.2. The van der Waals surface area contributed by atoms with Gasteiger partial charge in [0.25, 0.3) is 0 Å². The predicted molar refractivity (Wildman–Crippen MR) is 74.6 cm³/mol. The van der Waals surface area contributed by atoms with Gasteiger partial charge in [-0.25, -0.2) is 9.97 Å². The Bertz CT molecular complexity index is 424. The van der Waals surface area contributed by atoms with Gasteiger partial charge in [-0.05, 0) is 25.2 Å². The van der Waals surface area contributed by atoms with E-state index in [9.17, 15) is 0 Å². The van der Waals surface area contributed by atoms with E-state index >= 15 is 0 Å². The van der Waals surface area contributed by atoms with Crippen LogP contribution < -0.4 is 10.6 Å². The first-order chi connectivity index (χ1) is 8.72. The number of anilines is 1. The molecule has 0 radical (unpaired) electrons. The van der Waals surface area contributed by atoms with E-state index in [2.05, 4.69) is 14.9 Å². The molecule has 0 spiro atoms. The zero-order valence-corrected chi connectivity index (χ0v) is 11.1. The van der Waals surface area contributed by atoms with Crippen molar-refractivity contribution in [2.45, 2.75) is 19.3 Å². The second-order valence-electron chi connectivity index (χ2n) is 4.56. The molecule has 1 saturated heterocycles. The lowest BCUT2D eigenvalue weighted by Crippen LogP contribution is -2.37. The van der Waals surface area contributed by atoms with Gasteiger partial charge in [-0.1, -0.05) is 12.2 Å². The van der Waals surface area contributed by atoms with Crippen molar-refractivity contribution in [1.29, 1.82) is 0 Å². The molecule has 0 aromatic carbocycles. The third-order valence-electron chi connectivity index (χ3n) is 3.27. The van der Waals surface area contributed by atoms with Gasteiger partial charge in [0.15, 0.2) is 5.82 Å². The van der Waals surface area contributed by atoms with E-state index in [1.54, 1.807) is 12.4 Å². The van der Waals surface area contributed by atoms with E-state index in [1.165, 1.54) is 0 Å². The Morgan fingerprint density at radius 2 is 2.28 bits per heavy atom. The van der Waals surface area contributed by atoms with Crippen molar-refractivity contribution in [3.8, 4) is 0 Å². The molecule has 3 N–H and O–H groups in total. The maximum atomic E-state index is 9.03. The minimum absolute atomic E-state index is 0.237. The van der Waals surface area contributed by atoms with Crippen molar-refractivity contribution >= 4 is 23.0 Å². The fourth-order valence-corrected chi connectivity index (χ4v) is 2.56. The lowest BCUT2D eigenvalue weighted by Gasteiger charge is -2.33. The molecule has 2 heterocycles. The molecule has 1 aliphatic heterocycles. The first-order valence-electron chi connectivity index (χ1n) is 6.19. The van der Waals surface area contributed by atoms with Gasteiger partial charge in [-0.3, -0.25) is 0 Å². The van der Waals surface area contributed by atoms with E-state index in [0.29, 0.717) is 11.6 Å². The van der Waals surface area contributed by atoms with Crippen LogP contribution in [0, 0.1) is 5.92 Å². The minimum Gasteiger partial charge on any atom is -0.396 e. The molecular formula is C12H18N4OS. The van der Waals surface area contributed by atoms with Gasteiger partial charge in [0.05, 0.1) is 0 Å². The molecule has 1 aromatic heterocycles. The second-order valence-corrected chi connectivity index (χ2v) is 5.00. The Hall–Kier alpha value is -1.27. The molecule has 0 amide bonds. The summed E-state index contributed by atoms with van der Waals surface area (Å²) in [7, 11) is 0. The smallest absolute Gasteiger partial charge is 0.157 e. The molecule has 18 heavy (non-hydrogen) atoms. The van der Waals surface area contributed by atoms with Gasteiger partial charge in [-0.2, -0.15) is 0 Å². The Kier molecular flexibility index (Phi) is 4.43. The summed E-state index contributed by atoms with van der Waals surface area (Å²) < 4.78 is 0. The summed E-state index contributed by atoms with van der Waals surface area (Å²) in [6, 6.07) is 0. The lowest BCUT2D eigenvalue weighted by molar-refractivity contribution is 0.244. The van der Waals surface area contributed by atoms with Crippen LogP contribution >= 0.6 is 12.2 Å². The number of nitrogens with two attached hydrogens (primary N) is 1. The number of hydrogen-bond acceptors (Lipinski definition) is 5. The van der Waals surface area contributed by atoms with Crippen molar-refractivity contribution in [3.63, 3.8) is 0 Å². The van der Waals surface area contributed by atoms with E-state index in [0.717, 1.165) is 38.2 Å². The highest BCUT2D eigenvalue weighted by atomic mass is 32.1. The van der Waals surface area contributed by atoms with Crippen LogP contribution in [0.3, 0.4) is 0 Å². The fourth-order valence-electron chi connectivity index (χ4n) is 2.41. The molecule has 1 atom stereocenters. The Labute approximate surface area is 112 Å². The molecule has 0 saturated carbocycles. The standard InChI is InChI=1S/C12H18N4OS/c13-11(18)10-12(15-5-4-14-10)16-6-1-2-9(8-16)3-7-17/h4-5,9,17H,1-3,6-8H2,(H2,13,18). The van der Waals surface area contributed by atoms with Crippen molar-refractivity contribution in [1.82, 2.24) is 9.97 Å². The molecule has 1 fully saturated rings. The maximum Gasteiger partial charge on any atom is 0.157 e. The predicted octanol–water partition coefficient (Wildman–Crippen LogP) is 0.710. The summed E-state index contributed by atoms with van der Waals surface area (Å²) in [6.07, 6.45) is 6.34. The van der Waals surface area contributed by atoms with Crippen LogP contribution in [0.25, 0.3) is 0 Å². The van der Waals surface area contributed by atoms with E-state index < -0.39 is 0 Å². The van der Waals surface area contributed by atoms with Crippen LogP contribution in [0.15, 0.2) is 12.4 Å². The van der Waals surface area contributed by atoms with E-state index in [-0.39, 0.29) is 11.6 Å². The van der Waals surface area contributed by atoms with Crippen molar-refractivity contribution in [3.05, 3.63) is 18.1 Å². The number of nitrogens with zero attached hydrogens (tertiary/aromatic N) is 3. The second kappa shape index (κ2) is 6.06. The monoisotopic (exact) mass is 266 g/mol. The van der Waals surface area contributed by atoms with Crippen molar-refractivity contribution in [2.24, 2.45) is 11.7 Å². The molecule has 5 nitrogen and oxygen atoms in total. The molecular weight excluding hydrogens is 248 g/mol. The average Bonchev–Trinajstić information content (AvgIpc) is 2.39. The van der Waals surface area contributed by atoms with Crippen LogP contribution in [-0.2, 0) is 0 Å². The minimum atomic E-state index is 0.237. The number of thiocarbonyl (C=S) groups is 1. The van der Waals surface area contributed by atoms with Gasteiger partial charge in [0.1, 0.15) is 10.7 Å². The molecule has 2 rings (SSSR count). The lowest BCUT2D eigenvalue weighted by atomic mass is 9.95. The van der Waals surface area contributed by atoms with Crippen LogP contribution in [0.5, 0.6) is 0 Å². The Morgan fingerprint density at radius 1 is 1.50 bits per heavy atom. The van der Waals surface area contributed by atoms with E-state index in [1.807, 2.05) is 0 Å². The zero-order chi connectivity index (χ0) is 13.0. The quantitative estimate of drug-likeness (QED) is 0.782. The van der Waals surface area contributed by atoms with Crippen molar-refractivity contribution < 1.29 is 5.11 Å². The first-order valence-corrected chi connectivity index (χ1v) is 6.60. The van der Waals surface area contributed by atoms with Crippen LogP contribution in [0.2, 0.25) is 0 Å². The Balaban J connectivity index is 2.18. The number of piperidine rings is 1. The number of rotatable bonds is 4. The Morgan fingerprint density at radius 3 is 3.00 bits per heavy atom. The summed E-state index contributed by atoms with van der Waals surface area (Å²) in [5.74, 6) is 1.28. The summed E-state index contributed by atoms with van der Waals surface area (Å²) in [5, 5.41) is 9.03. The van der Waals surface area contributed by atoms with E-state index in [4.69, 9.17) is 23.1 Å². The summed E-state index contributed by atoms with van der Waals surface area (Å²) in [6.45, 7) is 2.06. The summed E-state index contributed by atoms with van der Waals surface area (Å²) >= 11 is 5.01. The molecule has 1 aromatic rings. The molecule has 6 heteroatoms. The highest BCUT2D eigenvalue weighted by Gasteiger charge is 2.23. The van der Waals surface area contributed by atoms with Crippen LogP contribution in [0.1, 0.15) is 25.0 Å². The molecule has 1 unspecified atom stereocenters. The first kappa shape index (κ1) is 13.2. The number of aliphatic hydroxyl groups is 1. The largest absolute Gasteiger partial charge is 0.396 e. The van der Waals surface area contributed by atoms with Crippen LogP contribution in [-0.4, -0.2) is 39.8 Å². The normalized spacial score (nSPS) is 19.8. The number of aliphatic hydroxyl groups excluding tert-OH is 1. The SMILES string of the molecule is NC(=S)c1nccnc1N1CCCC(CCO)C1. The van der Waals surface area contributed by atoms with Gasteiger partial charge >= 0.3 is 0 Å². The topological polar surface area (TPSA) is 75.3 Å². The molecule has 1 aliphatic rings. The highest BCUT2D eigenvalue weighted by molar-refractivity contribution is 7.80. The molecule has 0 bridgehead atoms. The highest BCUT2D eigenvalue weighted by Crippen LogP contribution is 2.24. The number of aromatic nitrogens is 2. The molecule has 98 valence electrons. The summed E-state index contributed by atoms with van der Waals surface area (Å²) in [4.78, 5) is 11.0. The van der Waals surface area contributed by atoms with Crippen molar-refractivity contribution in [2.75, 3.05) is 24.6 Å². The third kappa shape index (κ3) is 2.94. The van der Waals surface area contributed by atoms with Gasteiger partial charge in [0.2, 0.25) is 0 Å². The number of hydrogen-bond donors (Lipinski definition) is 2. The third-order valence-corrected chi connectivity index (χ3v) is 3.46. The van der Waals surface area contributed by atoms with Crippen LogP contribution in [0.4, 0.5) is 5.82 Å². The molecule has 0 aliphatic carbocycles. The van der Waals surface area contributed by atoms with Gasteiger partial charge in [-0.15, -0.1) is 0 Å². The maximum absolute atomic E-state index is 9.03. The summed E-state index contributed by atoms with van der Waals surface area (Å²) in [5.41, 5.74) is 6.27. The van der Waals surface area contributed by atoms with Gasteiger partial charge < -0.3 is 15.7 Å². The fraction of sp³-hybridized carbons (Fsp3) is 0.583. The average molecular weight is 266 g/mol. The van der Waals surface area contributed by atoms with Gasteiger partial charge in [0, 0.05) is 32.1 Å².